The van der Waals surface area contributed by atoms with Crippen molar-refractivity contribution in [2.24, 2.45) is 0 Å². The van der Waals surface area contributed by atoms with Crippen LogP contribution in [0.25, 0.3) is 0 Å². The molecule has 1 aliphatic rings. The van der Waals surface area contributed by atoms with Gasteiger partial charge in [0.15, 0.2) is 0 Å². The lowest BCUT2D eigenvalue weighted by molar-refractivity contribution is 0.122. The van der Waals surface area contributed by atoms with Gasteiger partial charge in [-0.25, -0.2) is 4.98 Å². The summed E-state index contributed by atoms with van der Waals surface area (Å²) in [4.78, 5) is 11.1. The second kappa shape index (κ2) is 5.12. The van der Waals surface area contributed by atoms with Gasteiger partial charge < -0.3 is 15.0 Å². The molecule has 88 valence electrons. The Morgan fingerprint density at radius 3 is 2.81 bits per heavy atom. The number of aryl methyl sites for hydroxylation is 1. The lowest BCUT2D eigenvalue weighted by atomic mass is 10.4. The summed E-state index contributed by atoms with van der Waals surface area (Å²) < 4.78 is 5.32. The van der Waals surface area contributed by atoms with Crippen molar-refractivity contribution in [3.63, 3.8) is 0 Å². The first-order chi connectivity index (χ1) is 7.79. The van der Waals surface area contributed by atoms with Crippen molar-refractivity contribution >= 4 is 11.8 Å². The molecule has 0 radical (unpaired) electrons. The van der Waals surface area contributed by atoms with Crippen molar-refractivity contribution in [3.05, 3.63) is 11.8 Å². The molecule has 5 heteroatoms. The van der Waals surface area contributed by atoms with Gasteiger partial charge in [0.05, 0.1) is 13.2 Å². The molecule has 5 nitrogen and oxygen atoms in total. The SMILES string of the molecule is CCNc1cc(C)nc(N2CCOCC2)n1. The third kappa shape index (κ3) is 2.61. The van der Waals surface area contributed by atoms with E-state index in [1.807, 2.05) is 13.0 Å². The summed E-state index contributed by atoms with van der Waals surface area (Å²) >= 11 is 0. The van der Waals surface area contributed by atoms with E-state index in [9.17, 15) is 0 Å². The van der Waals surface area contributed by atoms with Gasteiger partial charge in [-0.2, -0.15) is 4.98 Å². The highest BCUT2D eigenvalue weighted by atomic mass is 16.5. The van der Waals surface area contributed by atoms with E-state index in [0.29, 0.717) is 0 Å². The Morgan fingerprint density at radius 2 is 2.12 bits per heavy atom. The number of hydrogen-bond donors (Lipinski definition) is 1. The summed E-state index contributed by atoms with van der Waals surface area (Å²) in [5, 5.41) is 3.22. The zero-order valence-electron chi connectivity index (χ0n) is 9.86. The molecule has 0 aromatic carbocycles. The molecule has 0 saturated carbocycles. The average Bonchev–Trinajstić information content (AvgIpc) is 2.30. The molecule has 1 saturated heterocycles. The highest BCUT2D eigenvalue weighted by molar-refractivity contribution is 5.43. The molecule has 0 aliphatic carbocycles. The summed E-state index contributed by atoms with van der Waals surface area (Å²) in [7, 11) is 0. The van der Waals surface area contributed by atoms with Crippen LogP contribution in [0.2, 0.25) is 0 Å². The van der Waals surface area contributed by atoms with E-state index in [0.717, 1.165) is 50.3 Å². The average molecular weight is 222 g/mol. The predicted molar refractivity (Wildman–Crippen MR) is 64.0 cm³/mol. The van der Waals surface area contributed by atoms with Gasteiger partial charge in [-0.1, -0.05) is 0 Å². The van der Waals surface area contributed by atoms with Crippen molar-refractivity contribution < 1.29 is 4.74 Å². The minimum Gasteiger partial charge on any atom is -0.378 e. The van der Waals surface area contributed by atoms with Crippen molar-refractivity contribution in [2.45, 2.75) is 13.8 Å². The predicted octanol–water partition coefficient (Wildman–Crippen LogP) is 1.05. The summed E-state index contributed by atoms with van der Waals surface area (Å²) in [5.74, 6) is 1.70. The van der Waals surface area contributed by atoms with Gasteiger partial charge in [-0.3, -0.25) is 0 Å². The summed E-state index contributed by atoms with van der Waals surface area (Å²) in [5.41, 5.74) is 0.993. The quantitative estimate of drug-likeness (QED) is 0.828. The summed E-state index contributed by atoms with van der Waals surface area (Å²) in [6.07, 6.45) is 0. The molecule has 1 fully saturated rings. The topological polar surface area (TPSA) is 50.3 Å². The zero-order chi connectivity index (χ0) is 11.4. The number of ether oxygens (including phenoxy) is 1. The highest BCUT2D eigenvalue weighted by Crippen LogP contribution is 2.14. The Labute approximate surface area is 95.8 Å². The Kier molecular flexibility index (Phi) is 3.56. The van der Waals surface area contributed by atoms with Gasteiger partial charge in [-0.15, -0.1) is 0 Å². The van der Waals surface area contributed by atoms with Crippen LogP contribution in [0, 0.1) is 6.92 Å². The molecule has 1 aromatic heterocycles. The van der Waals surface area contributed by atoms with E-state index < -0.39 is 0 Å². The van der Waals surface area contributed by atoms with Gasteiger partial charge in [-0.05, 0) is 13.8 Å². The number of anilines is 2. The maximum absolute atomic E-state index is 5.32. The second-order valence-electron chi connectivity index (χ2n) is 3.82. The van der Waals surface area contributed by atoms with Crippen molar-refractivity contribution in [1.29, 1.82) is 0 Å². The fraction of sp³-hybridized carbons (Fsp3) is 0.636. The van der Waals surface area contributed by atoms with Gasteiger partial charge >= 0.3 is 0 Å². The first-order valence-corrected chi connectivity index (χ1v) is 5.72. The monoisotopic (exact) mass is 222 g/mol. The Bertz CT molecular complexity index is 350. The molecule has 2 rings (SSSR count). The standard InChI is InChI=1S/C11H18N4O/c1-3-12-10-8-9(2)13-11(14-10)15-4-6-16-7-5-15/h8H,3-7H2,1-2H3,(H,12,13,14). The number of nitrogens with zero attached hydrogens (tertiary/aromatic N) is 3. The van der Waals surface area contributed by atoms with E-state index in [1.165, 1.54) is 0 Å². The van der Waals surface area contributed by atoms with Gasteiger partial charge in [0.1, 0.15) is 5.82 Å². The molecule has 1 aliphatic heterocycles. The summed E-state index contributed by atoms with van der Waals surface area (Å²) in [6.45, 7) is 8.18. The van der Waals surface area contributed by atoms with Gasteiger partial charge in [0, 0.05) is 31.4 Å². The minimum atomic E-state index is 0.758. The normalized spacial score (nSPS) is 16.2. The Balaban J connectivity index is 2.18. The van der Waals surface area contributed by atoms with Gasteiger partial charge in [0.2, 0.25) is 5.95 Å². The fourth-order valence-corrected chi connectivity index (χ4v) is 1.73. The molecule has 0 spiro atoms. The van der Waals surface area contributed by atoms with Crippen LogP contribution in [0.1, 0.15) is 12.6 Å². The molecule has 2 heterocycles. The van der Waals surface area contributed by atoms with Crippen LogP contribution >= 0.6 is 0 Å². The zero-order valence-corrected chi connectivity index (χ0v) is 9.86. The van der Waals surface area contributed by atoms with Crippen LogP contribution in [0.3, 0.4) is 0 Å². The van der Waals surface area contributed by atoms with Crippen molar-refractivity contribution in [3.8, 4) is 0 Å². The largest absolute Gasteiger partial charge is 0.378 e. The molecular weight excluding hydrogens is 204 g/mol. The highest BCUT2D eigenvalue weighted by Gasteiger charge is 2.14. The molecule has 0 bridgehead atoms. The molecule has 0 unspecified atom stereocenters. The molecule has 0 atom stereocenters. The van der Waals surface area contributed by atoms with Crippen LogP contribution in [0.5, 0.6) is 0 Å². The molecular formula is C11H18N4O. The number of hydrogen-bond acceptors (Lipinski definition) is 5. The lowest BCUT2D eigenvalue weighted by Crippen LogP contribution is -2.37. The number of morpholine rings is 1. The van der Waals surface area contributed by atoms with E-state index in [1.54, 1.807) is 0 Å². The smallest absolute Gasteiger partial charge is 0.227 e. The summed E-state index contributed by atoms with van der Waals surface area (Å²) in [6, 6.07) is 1.97. The first kappa shape index (κ1) is 11.1. The second-order valence-corrected chi connectivity index (χ2v) is 3.82. The third-order valence-corrected chi connectivity index (χ3v) is 2.49. The number of rotatable bonds is 3. The van der Waals surface area contributed by atoms with Crippen molar-refractivity contribution in [1.82, 2.24) is 9.97 Å². The van der Waals surface area contributed by atoms with Crippen molar-refractivity contribution in [2.75, 3.05) is 43.1 Å². The number of nitrogens with one attached hydrogen (secondary N) is 1. The van der Waals surface area contributed by atoms with E-state index in [-0.39, 0.29) is 0 Å². The minimum absolute atomic E-state index is 0.758. The third-order valence-electron chi connectivity index (χ3n) is 2.49. The van der Waals surface area contributed by atoms with Crippen LogP contribution < -0.4 is 10.2 Å². The van der Waals surface area contributed by atoms with Crippen LogP contribution in [0.15, 0.2) is 6.07 Å². The Hall–Kier alpha value is -1.36. The number of aromatic nitrogens is 2. The van der Waals surface area contributed by atoms with Crippen LogP contribution in [-0.4, -0.2) is 42.8 Å². The van der Waals surface area contributed by atoms with Crippen LogP contribution in [0.4, 0.5) is 11.8 Å². The molecule has 0 amide bonds. The van der Waals surface area contributed by atoms with E-state index >= 15 is 0 Å². The molecule has 1 aromatic rings. The Morgan fingerprint density at radius 1 is 1.38 bits per heavy atom. The van der Waals surface area contributed by atoms with E-state index in [4.69, 9.17) is 4.74 Å². The van der Waals surface area contributed by atoms with Crippen LogP contribution in [-0.2, 0) is 4.74 Å². The first-order valence-electron chi connectivity index (χ1n) is 5.72. The maximum atomic E-state index is 5.32. The maximum Gasteiger partial charge on any atom is 0.227 e. The van der Waals surface area contributed by atoms with E-state index in [2.05, 4.69) is 27.1 Å². The molecule has 16 heavy (non-hydrogen) atoms. The lowest BCUT2D eigenvalue weighted by Gasteiger charge is -2.27. The fourth-order valence-electron chi connectivity index (χ4n) is 1.73. The molecule has 1 N–H and O–H groups in total. The van der Waals surface area contributed by atoms with Gasteiger partial charge in [0.25, 0.3) is 0 Å².